The first-order valence-electron chi connectivity index (χ1n) is 11.4. The van der Waals surface area contributed by atoms with Gasteiger partial charge in [0.1, 0.15) is 11.3 Å². The third kappa shape index (κ3) is 5.20. The molecule has 2 heterocycles. The second-order valence-electron chi connectivity index (χ2n) is 8.61. The number of nitrogen functional groups attached to an aromatic ring is 1. The van der Waals surface area contributed by atoms with Crippen molar-refractivity contribution in [3.8, 4) is 0 Å². The standard InChI is InChI=1S/C25H26FN5O6/c1-14-29-21(27)20-22(30-14)31(13-28-20)19(26)10-18(36-2)12-37-25(23(32)33,24(34)35)11-15-7-8-16-5-3-4-6-17(16)9-15/h3-9,13,18-19H,10-12H2,1-2H3,(H,32,33)(H,34,35)(H2,27,29,30). The number of ether oxygens (including phenoxy) is 2. The first-order chi connectivity index (χ1) is 17.6. The van der Waals surface area contributed by atoms with Gasteiger partial charge in [0.25, 0.3) is 5.60 Å². The first-order valence-corrected chi connectivity index (χ1v) is 11.4. The molecule has 0 aliphatic rings. The van der Waals surface area contributed by atoms with Crippen molar-refractivity contribution in [1.29, 1.82) is 0 Å². The van der Waals surface area contributed by atoms with E-state index in [0.29, 0.717) is 11.4 Å². The zero-order valence-electron chi connectivity index (χ0n) is 20.2. The summed E-state index contributed by atoms with van der Waals surface area (Å²) in [6.07, 6.45) is -2.19. The number of anilines is 1. The molecule has 0 spiro atoms. The molecular weight excluding hydrogens is 485 g/mol. The third-order valence-corrected chi connectivity index (χ3v) is 6.13. The van der Waals surface area contributed by atoms with Gasteiger partial charge < -0.3 is 25.4 Å². The summed E-state index contributed by atoms with van der Waals surface area (Å²) in [7, 11) is 1.30. The Bertz CT molecular complexity index is 1440. The van der Waals surface area contributed by atoms with Gasteiger partial charge in [-0.05, 0) is 23.3 Å². The number of methoxy groups -OCH3 is 1. The number of nitrogens with zero attached hydrogens (tertiary/aromatic N) is 4. The summed E-state index contributed by atoms with van der Waals surface area (Å²) >= 11 is 0. The lowest BCUT2D eigenvalue weighted by Gasteiger charge is -2.28. The van der Waals surface area contributed by atoms with Gasteiger partial charge >= 0.3 is 11.9 Å². The van der Waals surface area contributed by atoms with Gasteiger partial charge in [-0.15, -0.1) is 0 Å². The monoisotopic (exact) mass is 511 g/mol. The maximum Gasteiger partial charge on any atom is 0.348 e. The topological polar surface area (TPSA) is 163 Å². The van der Waals surface area contributed by atoms with E-state index in [2.05, 4.69) is 15.0 Å². The Morgan fingerprint density at radius 1 is 1.14 bits per heavy atom. The lowest BCUT2D eigenvalue weighted by molar-refractivity contribution is -0.188. The number of carboxylic acids is 2. The molecule has 0 saturated carbocycles. The normalized spacial score (nSPS) is 13.6. The summed E-state index contributed by atoms with van der Waals surface area (Å²) in [6.45, 7) is 1.12. The van der Waals surface area contributed by atoms with Crippen LogP contribution >= 0.6 is 0 Å². The number of aromatic nitrogens is 4. The molecule has 2 atom stereocenters. The zero-order valence-corrected chi connectivity index (χ0v) is 20.2. The minimum absolute atomic E-state index is 0.112. The zero-order chi connectivity index (χ0) is 26.7. The minimum Gasteiger partial charge on any atom is -0.479 e. The second-order valence-corrected chi connectivity index (χ2v) is 8.61. The van der Waals surface area contributed by atoms with Crippen LogP contribution < -0.4 is 5.73 Å². The fraction of sp³-hybridized carbons (Fsp3) is 0.320. The highest BCUT2D eigenvalue weighted by Crippen LogP contribution is 2.27. The van der Waals surface area contributed by atoms with Gasteiger partial charge in [-0.2, -0.15) is 0 Å². The molecule has 0 aliphatic carbocycles. The fourth-order valence-electron chi connectivity index (χ4n) is 4.11. The number of benzene rings is 2. The Morgan fingerprint density at radius 3 is 2.51 bits per heavy atom. The highest BCUT2D eigenvalue weighted by Gasteiger charge is 2.49. The van der Waals surface area contributed by atoms with Gasteiger partial charge in [-0.1, -0.05) is 42.5 Å². The number of hydrogen-bond acceptors (Lipinski definition) is 8. The average molecular weight is 512 g/mol. The first kappa shape index (κ1) is 25.9. The Labute approximate surface area is 210 Å². The molecule has 0 aliphatic heterocycles. The largest absolute Gasteiger partial charge is 0.479 e. The van der Waals surface area contributed by atoms with Crippen LogP contribution in [0.1, 0.15) is 24.1 Å². The Hall–Kier alpha value is -4.16. The van der Waals surface area contributed by atoms with Crippen molar-refractivity contribution >= 4 is 39.7 Å². The summed E-state index contributed by atoms with van der Waals surface area (Å²) in [4.78, 5) is 36.6. The maximum absolute atomic E-state index is 15.3. The summed E-state index contributed by atoms with van der Waals surface area (Å²) in [5, 5.41) is 21.5. The van der Waals surface area contributed by atoms with E-state index in [0.717, 1.165) is 15.3 Å². The predicted molar refractivity (Wildman–Crippen MR) is 132 cm³/mol. The molecule has 2 unspecified atom stereocenters. The van der Waals surface area contributed by atoms with E-state index < -0.39 is 43.0 Å². The van der Waals surface area contributed by atoms with Crippen molar-refractivity contribution in [2.75, 3.05) is 19.5 Å². The van der Waals surface area contributed by atoms with Gasteiger partial charge in [0.05, 0.1) is 19.0 Å². The van der Waals surface area contributed by atoms with Crippen molar-refractivity contribution in [2.24, 2.45) is 0 Å². The molecule has 0 radical (unpaired) electrons. The highest BCUT2D eigenvalue weighted by molar-refractivity contribution is 6.02. The molecular formula is C25H26FN5O6. The highest BCUT2D eigenvalue weighted by atomic mass is 19.1. The number of halogens is 1. The van der Waals surface area contributed by atoms with Crippen molar-refractivity contribution < 1.29 is 33.7 Å². The lowest BCUT2D eigenvalue weighted by Crippen LogP contribution is -2.52. The number of alkyl halides is 1. The number of nitrogens with two attached hydrogens (primary N) is 1. The van der Waals surface area contributed by atoms with Gasteiger partial charge in [0.15, 0.2) is 17.8 Å². The fourth-order valence-corrected chi connectivity index (χ4v) is 4.11. The Morgan fingerprint density at radius 2 is 1.84 bits per heavy atom. The summed E-state index contributed by atoms with van der Waals surface area (Å²) in [6, 6.07) is 12.6. The molecule has 12 heteroatoms. The van der Waals surface area contributed by atoms with Gasteiger partial charge in [-0.25, -0.2) is 28.9 Å². The van der Waals surface area contributed by atoms with E-state index in [9.17, 15) is 19.8 Å². The number of carbonyl (C=O) groups is 2. The van der Waals surface area contributed by atoms with Crippen molar-refractivity contribution in [2.45, 2.75) is 37.8 Å². The molecule has 37 heavy (non-hydrogen) atoms. The molecule has 4 rings (SSSR count). The average Bonchev–Trinajstić information content (AvgIpc) is 3.29. The maximum atomic E-state index is 15.3. The predicted octanol–water partition coefficient (Wildman–Crippen LogP) is 2.91. The molecule has 0 bridgehead atoms. The molecule has 2 aromatic carbocycles. The number of hydrogen-bond donors (Lipinski definition) is 3. The second kappa shape index (κ2) is 10.4. The molecule has 194 valence electrons. The summed E-state index contributed by atoms with van der Waals surface area (Å²) in [5.41, 5.74) is 4.12. The van der Waals surface area contributed by atoms with Crippen LogP contribution in [-0.4, -0.2) is 67.1 Å². The van der Waals surface area contributed by atoms with Crippen LogP contribution in [0.15, 0.2) is 48.8 Å². The molecule has 4 aromatic rings. The smallest absolute Gasteiger partial charge is 0.348 e. The van der Waals surface area contributed by atoms with Crippen LogP contribution in [0.4, 0.5) is 10.2 Å². The van der Waals surface area contributed by atoms with Gasteiger partial charge in [-0.3, -0.25) is 4.57 Å². The van der Waals surface area contributed by atoms with E-state index in [-0.39, 0.29) is 23.4 Å². The summed E-state index contributed by atoms with van der Waals surface area (Å²) in [5.74, 6) is -2.90. The SMILES string of the molecule is COC(COC(Cc1ccc2ccccc2c1)(C(=O)O)C(=O)O)CC(F)n1cnc2c(N)nc(C)nc21. The minimum atomic E-state index is -2.61. The number of aryl methyl sites for hydroxylation is 1. The summed E-state index contributed by atoms with van der Waals surface area (Å²) < 4.78 is 27.2. The van der Waals surface area contributed by atoms with Gasteiger partial charge in [0, 0.05) is 20.0 Å². The molecule has 4 N–H and O–H groups in total. The molecule has 2 aromatic heterocycles. The number of rotatable bonds is 11. The Kier molecular flexibility index (Phi) is 7.32. The van der Waals surface area contributed by atoms with Crippen molar-refractivity contribution in [1.82, 2.24) is 19.5 Å². The van der Waals surface area contributed by atoms with E-state index in [1.54, 1.807) is 25.1 Å². The number of carboxylic acid groups (broad SMARTS) is 2. The van der Waals surface area contributed by atoms with Gasteiger partial charge in [0.2, 0.25) is 0 Å². The van der Waals surface area contributed by atoms with E-state index in [4.69, 9.17) is 15.2 Å². The van der Waals surface area contributed by atoms with Crippen LogP contribution in [0.3, 0.4) is 0 Å². The quantitative estimate of drug-likeness (QED) is 0.255. The number of imidazole rings is 1. The van der Waals surface area contributed by atoms with E-state index >= 15 is 4.39 Å². The molecule has 11 nitrogen and oxygen atoms in total. The van der Waals surface area contributed by atoms with Crippen LogP contribution in [0.5, 0.6) is 0 Å². The lowest BCUT2D eigenvalue weighted by atomic mass is 9.92. The van der Waals surface area contributed by atoms with Crippen LogP contribution in [0, 0.1) is 6.92 Å². The molecule has 0 fully saturated rings. The van der Waals surface area contributed by atoms with Crippen molar-refractivity contribution in [3.63, 3.8) is 0 Å². The van der Waals surface area contributed by atoms with E-state index in [1.165, 1.54) is 13.4 Å². The van der Waals surface area contributed by atoms with E-state index in [1.807, 2.05) is 24.3 Å². The van der Waals surface area contributed by atoms with Crippen LogP contribution in [0.2, 0.25) is 0 Å². The van der Waals surface area contributed by atoms with Crippen molar-refractivity contribution in [3.05, 3.63) is 60.2 Å². The third-order valence-electron chi connectivity index (χ3n) is 6.13. The van der Waals surface area contributed by atoms with Crippen LogP contribution in [-0.2, 0) is 25.5 Å². The Balaban J connectivity index is 1.53. The molecule has 0 saturated heterocycles. The number of aliphatic carboxylic acids is 2. The number of fused-ring (bicyclic) bond motifs is 2. The molecule has 0 amide bonds. The van der Waals surface area contributed by atoms with Crippen LogP contribution in [0.25, 0.3) is 21.9 Å².